The Balaban J connectivity index is 1.90. The maximum atomic E-state index is 12.9. The summed E-state index contributed by atoms with van der Waals surface area (Å²) in [5.74, 6) is -1.25. The number of hydrogen-bond donors (Lipinski definition) is 2. The van der Waals surface area contributed by atoms with Gasteiger partial charge in [-0.1, -0.05) is 12.1 Å². The van der Waals surface area contributed by atoms with Crippen molar-refractivity contribution in [2.45, 2.75) is 0 Å². The van der Waals surface area contributed by atoms with E-state index in [0.717, 1.165) is 16.8 Å². The summed E-state index contributed by atoms with van der Waals surface area (Å²) in [6.45, 7) is 0. The molecule has 21 heavy (non-hydrogen) atoms. The summed E-state index contributed by atoms with van der Waals surface area (Å²) < 4.78 is 12.9. The fraction of sp³-hybridized carbons (Fsp3) is 0. The Morgan fingerprint density at radius 2 is 1.62 bits per heavy atom. The Hall–Kier alpha value is -2.95. The van der Waals surface area contributed by atoms with Gasteiger partial charge in [0.05, 0.1) is 17.0 Å². The van der Waals surface area contributed by atoms with Crippen molar-refractivity contribution in [1.82, 2.24) is 10.2 Å². The highest BCUT2D eigenvalue weighted by molar-refractivity contribution is 5.88. The number of rotatable bonds is 3. The number of H-pyrrole nitrogens is 1. The highest BCUT2D eigenvalue weighted by Gasteiger charge is 2.07. The van der Waals surface area contributed by atoms with Crippen LogP contribution in [0.25, 0.3) is 22.5 Å². The van der Waals surface area contributed by atoms with Crippen molar-refractivity contribution >= 4 is 5.97 Å². The molecule has 0 saturated heterocycles. The van der Waals surface area contributed by atoms with Crippen LogP contribution in [0.5, 0.6) is 0 Å². The Kier molecular flexibility index (Phi) is 3.23. The van der Waals surface area contributed by atoms with E-state index in [1.807, 2.05) is 6.07 Å². The Morgan fingerprint density at radius 1 is 1.00 bits per heavy atom. The number of aromatic amines is 1. The first-order chi connectivity index (χ1) is 10.1. The van der Waals surface area contributed by atoms with Crippen LogP contribution in [0.1, 0.15) is 10.4 Å². The van der Waals surface area contributed by atoms with Crippen molar-refractivity contribution in [3.05, 3.63) is 66.0 Å². The molecule has 2 aromatic carbocycles. The Bertz CT molecular complexity index is 777. The van der Waals surface area contributed by atoms with Crippen molar-refractivity contribution in [2.75, 3.05) is 0 Å². The van der Waals surface area contributed by atoms with E-state index in [4.69, 9.17) is 5.11 Å². The molecule has 5 heteroatoms. The first-order valence-corrected chi connectivity index (χ1v) is 6.28. The molecule has 3 aromatic rings. The molecule has 3 rings (SSSR count). The summed E-state index contributed by atoms with van der Waals surface area (Å²) >= 11 is 0. The van der Waals surface area contributed by atoms with E-state index in [1.165, 1.54) is 24.3 Å². The molecule has 0 aliphatic carbocycles. The molecule has 0 bridgehead atoms. The van der Waals surface area contributed by atoms with Crippen LogP contribution in [0.2, 0.25) is 0 Å². The third-order valence-electron chi connectivity index (χ3n) is 3.16. The van der Waals surface area contributed by atoms with Crippen molar-refractivity contribution < 1.29 is 14.3 Å². The molecule has 1 heterocycles. The second kappa shape index (κ2) is 5.20. The van der Waals surface area contributed by atoms with Crippen molar-refractivity contribution in [3.8, 4) is 22.5 Å². The third-order valence-corrected chi connectivity index (χ3v) is 3.16. The molecule has 0 aliphatic heterocycles. The highest BCUT2D eigenvalue weighted by Crippen LogP contribution is 2.24. The Morgan fingerprint density at radius 3 is 2.24 bits per heavy atom. The summed E-state index contributed by atoms with van der Waals surface area (Å²) in [5, 5.41) is 16.0. The largest absolute Gasteiger partial charge is 0.478 e. The quantitative estimate of drug-likeness (QED) is 0.771. The van der Waals surface area contributed by atoms with E-state index in [-0.39, 0.29) is 11.4 Å². The molecule has 2 N–H and O–H groups in total. The molecule has 0 spiro atoms. The van der Waals surface area contributed by atoms with Crippen molar-refractivity contribution in [2.24, 2.45) is 0 Å². The molecule has 0 fully saturated rings. The standard InChI is InChI=1S/C16H11FN2O2/c17-13-7-5-11(6-8-13)15-9-14(18-19-15)10-1-3-12(4-2-10)16(20)21/h1-9H,(H,18,19)(H,20,21). The lowest BCUT2D eigenvalue weighted by Crippen LogP contribution is -1.94. The van der Waals surface area contributed by atoms with Crippen LogP contribution in [0.15, 0.2) is 54.6 Å². The predicted molar refractivity (Wildman–Crippen MR) is 76.4 cm³/mol. The maximum Gasteiger partial charge on any atom is 0.335 e. The van der Waals surface area contributed by atoms with Crippen LogP contribution >= 0.6 is 0 Å². The molecule has 0 amide bonds. The number of benzene rings is 2. The molecular weight excluding hydrogens is 271 g/mol. The molecule has 0 unspecified atom stereocenters. The van der Waals surface area contributed by atoms with Crippen molar-refractivity contribution in [3.63, 3.8) is 0 Å². The normalized spacial score (nSPS) is 10.5. The van der Waals surface area contributed by atoms with E-state index in [0.29, 0.717) is 5.69 Å². The van der Waals surface area contributed by atoms with Crippen LogP contribution in [0.3, 0.4) is 0 Å². The number of carboxylic acid groups (broad SMARTS) is 1. The van der Waals surface area contributed by atoms with Crippen LogP contribution in [-0.4, -0.2) is 21.3 Å². The van der Waals surface area contributed by atoms with Gasteiger partial charge in [0.2, 0.25) is 0 Å². The highest BCUT2D eigenvalue weighted by atomic mass is 19.1. The number of nitrogens with zero attached hydrogens (tertiary/aromatic N) is 1. The first-order valence-electron chi connectivity index (χ1n) is 6.28. The van der Waals surface area contributed by atoms with E-state index < -0.39 is 5.97 Å². The molecular formula is C16H11FN2O2. The second-order valence-electron chi connectivity index (χ2n) is 4.56. The summed E-state index contributed by atoms with van der Waals surface area (Å²) in [6.07, 6.45) is 0. The summed E-state index contributed by atoms with van der Waals surface area (Å²) in [6, 6.07) is 14.4. The minimum atomic E-state index is -0.962. The molecule has 0 radical (unpaired) electrons. The fourth-order valence-corrected chi connectivity index (χ4v) is 2.03. The minimum absolute atomic E-state index is 0.230. The number of hydrogen-bond acceptors (Lipinski definition) is 2. The topological polar surface area (TPSA) is 66.0 Å². The van der Waals surface area contributed by atoms with Gasteiger partial charge in [0, 0.05) is 5.56 Å². The minimum Gasteiger partial charge on any atom is -0.478 e. The summed E-state index contributed by atoms with van der Waals surface area (Å²) in [7, 11) is 0. The van der Waals surface area contributed by atoms with E-state index in [2.05, 4.69) is 10.2 Å². The van der Waals surface area contributed by atoms with Gasteiger partial charge in [-0.15, -0.1) is 0 Å². The maximum absolute atomic E-state index is 12.9. The van der Waals surface area contributed by atoms with Gasteiger partial charge in [-0.3, -0.25) is 5.10 Å². The fourth-order valence-electron chi connectivity index (χ4n) is 2.03. The molecule has 1 aromatic heterocycles. The first kappa shape index (κ1) is 13.1. The lowest BCUT2D eigenvalue weighted by Gasteiger charge is -1.97. The summed E-state index contributed by atoms with van der Waals surface area (Å²) in [4.78, 5) is 10.8. The zero-order valence-electron chi connectivity index (χ0n) is 10.9. The van der Waals surface area contributed by atoms with Gasteiger partial charge in [0.1, 0.15) is 5.82 Å². The van der Waals surface area contributed by atoms with Gasteiger partial charge in [0.15, 0.2) is 0 Å². The number of aromatic carboxylic acids is 1. The van der Waals surface area contributed by atoms with Gasteiger partial charge >= 0.3 is 5.97 Å². The molecule has 4 nitrogen and oxygen atoms in total. The lowest BCUT2D eigenvalue weighted by molar-refractivity contribution is 0.0697. The molecule has 0 atom stereocenters. The second-order valence-corrected chi connectivity index (χ2v) is 4.56. The van der Waals surface area contributed by atoms with Gasteiger partial charge < -0.3 is 5.11 Å². The predicted octanol–water partition coefficient (Wildman–Crippen LogP) is 3.58. The Labute approximate surface area is 119 Å². The zero-order chi connectivity index (χ0) is 14.8. The SMILES string of the molecule is O=C(O)c1ccc(-c2cc(-c3ccc(F)cc3)[nH]n2)cc1. The van der Waals surface area contributed by atoms with E-state index >= 15 is 0 Å². The smallest absolute Gasteiger partial charge is 0.335 e. The average molecular weight is 282 g/mol. The monoisotopic (exact) mass is 282 g/mol. The third kappa shape index (κ3) is 2.67. The molecule has 104 valence electrons. The van der Waals surface area contributed by atoms with E-state index in [1.54, 1.807) is 24.3 Å². The van der Waals surface area contributed by atoms with Crippen molar-refractivity contribution in [1.29, 1.82) is 0 Å². The van der Waals surface area contributed by atoms with Gasteiger partial charge in [-0.05, 0) is 48.0 Å². The number of nitrogens with one attached hydrogen (secondary N) is 1. The summed E-state index contributed by atoms with van der Waals surface area (Å²) in [5.41, 5.74) is 3.34. The number of halogens is 1. The number of carbonyl (C=O) groups is 1. The van der Waals surface area contributed by atoms with Gasteiger partial charge in [-0.2, -0.15) is 5.10 Å². The van der Waals surface area contributed by atoms with Crippen LogP contribution in [0, 0.1) is 5.82 Å². The zero-order valence-corrected chi connectivity index (χ0v) is 10.9. The number of carboxylic acids is 1. The average Bonchev–Trinajstić information content (AvgIpc) is 2.98. The van der Waals surface area contributed by atoms with Gasteiger partial charge in [0.25, 0.3) is 0 Å². The van der Waals surface area contributed by atoms with Crippen LogP contribution in [0.4, 0.5) is 4.39 Å². The van der Waals surface area contributed by atoms with Gasteiger partial charge in [-0.25, -0.2) is 9.18 Å². The number of aromatic nitrogens is 2. The van der Waals surface area contributed by atoms with Crippen LogP contribution < -0.4 is 0 Å². The van der Waals surface area contributed by atoms with Crippen LogP contribution in [-0.2, 0) is 0 Å². The molecule has 0 aliphatic rings. The molecule has 0 saturated carbocycles. The van der Waals surface area contributed by atoms with E-state index in [9.17, 15) is 9.18 Å². The lowest BCUT2D eigenvalue weighted by atomic mass is 10.1.